The van der Waals surface area contributed by atoms with E-state index in [-0.39, 0.29) is 18.9 Å². The van der Waals surface area contributed by atoms with Crippen LogP contribution in [0.1, 0.15) is 168 Å². The van der Waals surface area contributed by atoms with Crippen LogP contribution in [0.25, 0.3) is 0 Å². The molecular formula is C52H95NO18. The molecule has 416 valence electrons. The van der Waals surface area contributed by atoms with E-state index in [2.05, 4.69) is 31.3 Å². The van der Waals surface area contributed by atoms with Gasteiger partial charge in [-0.1, -0.05) is 160 Å². The summed E-state index contributed by atoms with van der Waals surface area (Å²) in [4.78, 5) is 13.2. The lowest BCUT2D eigenvalue weighted by atomic mass is 9.96. The minimum absolute atomic E-state index is 0.239. The second-order valence-electron chi connectivity index (χ2n) is 19.7. The number of allylic oxidation sites excluding steroid dienone is 3. The van der Waals surface area contributed by atoms with Crippen LogP contribution in [-0.4, -0.2) is 193 Å². The Balaban J connectivity index is 1.48. The third kappa shape index (κ3) is 22.6. The fraction of sp³-hybridized carbons (Fsp3) is 0.904. The van der Waals surface area contributed by atoms with Crippen molar-refractivity contribution in [1.29, 1.82) is 0 Å². The predicted molar refractivity (Wildman–Crippen MR) is 263 cm³/mol. The second-order valence-corrected chi connectivity index (χ2v) is 19.7. The van der Waals surface area contributed by atoms with Gasteiger partial charge in [0.25, 0.3) is 0 Å². The molecular weight excluding hydrogens is 927 g/mol. The van der Waals surface area contributed by atoms with Crippen LogP contribution in [0.5, 0.6) is 0 Å². The molecule has 0 aromatic carbocycles. The first-order chi connectivity index (χ1) is 34.3. The lowest BCUT2D eigenvalue weighted by molar-refractivity contribution is -0.379. The second kappa shape index (κ2) is 37.1. The normalized spacial score (nSPS) is 32.4. The van der Waals surface area contributed by atoms with Gasteiger partial charge in [-0.25, -0.2) is 0 Å². The maximum atomic E-state index is 13.2. The highest BCUT2D eigenvalue weighted by Crippen LogP contribution is 2.33. The van der Waals surface area contributed by atoms with E-state index < -0.39 is 124 Å². The lowest BCUT2D eigenvalue weighted by Gasteiger charge is -2.48. The minimum Gasteiger partial charge on any atom is -0.394 e. The fourth-order valence-corrected chi connectivity index (χ4v) is 9.21. The maximum Gasteiger partial charge on any atom is 0.220 e. The molecule has 0 aliphatic carbocycles. The molecule has 3 aliphatic rings. The molecule has 3 heterocycles. The molecule has 19 nitrogen and oxygen atoms in total. The number of amides is 1. The van der Waals surface area contributed by atoms with E-state index in [0.29, 0.717) is 12.8 Å². The van der Waals surface area contributed by atoms with E-state index in [1.54, 1.807) is 12.2 Å². The van der Waals surface area contributed by atoms with Gasteiger partial charge in [-0.2, -0.15) is 0 Å². The quantitative estimate of drug-likeness (QED) is 0.0313. The molecule has 17 unspecified atom stereocenters. The summed E-state index contributed by atoms with van der Waals surface area (Å²) in [6.07, 6.45) is 7.97. The third-order valence-corrected chi connectivity index (χ3v) is 13.7. The van der Waals surface area contributed by atoms with Gasteiger partial charge in [0.15, 0.2) is 18.9 Å². The fourth-order valence-electron chi connectivity index (χ4n) is 9.21. The number of carbonyl (C=O) groups is 1. The molecule has 3 saturated heterocycles. The zero-order valence-electron chi connectivity index (χ0n) is 42.7. The molecule has 0 saturated carbocycles. The zero-order chi connectivity index (χ0) is 52.0. The SMILES string of the molecule is CCC/C=C/CC/C=C/C(O)C(COC1OC(CO)C(OC2OC(CO)C(OC3OC(CO)C(O)C(O)C3O)C(O)C2O)C(O)C1O)NC(=O)CCCCCCCCCCCCCCCCCCCCC. The van der Waals surface area contributed by atoms with Crippen molar-refractivity contribution >= 4 is 5.91 Å². The Morgan fingerprint density at radius 3 is 1.38 bits per heavy atom. The van der Waals surface area contributed by atoms with E-state index >= 15 is 0 Å². The zero-order valence-corrected chi connectivity index (χ0v) is 42.7. The van der Waals surface area contributed by atoms with Crippen LogP contribution in [-0.2, 0) is 33.2 Å². The molecule has 3 fully saturated rings. The largest absolute Gasteiger partial charge is 0.394 e. The minimum atomic E-state index is -1.98. The molecule has 1 amide bonds. The lowest BCUT2D eigenvalue weighted by Crippen LogP contribution is -2.66. The van der Waals surface area contributed by atoms with Crippen LogP contribution in [0.15, 0.2) is 24.3 Å². The van der Waals surface area contributed by atoms with Crippen molar-refractivity contribution in [2.24, 2.45) is 0 Å². The summed E-state index contributed by atoms with van der Waals surface area (Å²) in [5.41, 5.74) is 0. The third-order valence-electron chi connectivity index (χ3n) is 13.7. The Kier molecular flexibility index (Phi) is 33.2. The number of rotatable bonds is 38. The molecule has 19 heteroatoms. The van der Waals surface area contributed by atoms with Gasteiger partial charge in [0.2, 0.25) is 5.91 Å². The summed E-state index contributed by atoms with van der Waals surface area (Å²) >= 11 is 0. The Hall–Kier alpha value is -1.73. The summed E-state index contributed by atoms with van der Waals surface area (Å²) in [5, 5.41) is 119. The molecule has 3 rings (SSSR count). The van der Waals surface area contributed by atoms with Crippen LogP contribution >= 0.6 is 0 Å². The molecule has 0 aromatic heterocycles. The number of hydrogen-bond acceptors (Lipinski definition) is 18. The molecule has 0 aromatic rings. The monoisotopic (exact) mass is 1020 g/mol. The van der Waals surface area contributed by atoms with Gasteiger partial charge in [-0.3, -0.25) is 4.79 Å². The first-order valence-electron chi connectivity index (χ1n) is 27.1. The average molecular weight is 1020 g/mol. The summed E-state index contributed by atoms with van der Waals surface area (Å²) in [6.45, 7) is 1.57. The summed E-state index contributed by atoms with van der Waals surface area (Å²) in [5.74, 6) is -0.289. The van der Waals surface area contributed by atoms with Crippen molar-refractivity contribution in [1.82, 2.24) is 5.32 Å². The summed E-state index contributed by atoms with van der Waals surface area (Å²) in [6, 6.07) is -0.981. The smallest absolute Gasteiger partial charge is 0.220 e. The Morgan fingerprint density at radius 2 is 0.901 bits per heavy atom. The first-order valence-corrected chi connectivity index (χ1v) is 27.1. The van der Waals surface area contributed by atoms with Crippen LogP contribution < -0.4 is 5.32 Å². The molecule has 12 N–H and O–H groups in total. The van der Waals surface area contributed by atoms with Crippen LogP contribution in [0.2, 0.25) is 0 Å². The van der Waals surface area contributed by atoms with Crippen molar-refractivity contribution in [2.75, 3.05) is 26.4 Å². The number of aliphatic hydroxyl groups excluding tert-OH is 11. The summed E-state index contributed by atoms with van der Waals surface area (Å²) < 4.78 is 34.0. The van der Waals surface area contributed by atoms with Crippen molar-refractivity contribution in [3.8, 4) is 0 Å². The number of carbonyl (C=O) groups excluding carboxylic acids is 1. The molecule has 0 spiro atoms. The molecule has 3 aliphatic heterocycles. The highest BCUT2D eigenvalue weighted by Gasteiger charge is 2.53. The van der Waals surface area contributed by atoms with E-state index in [4.69, 9.17) is 28.4 Å². The number of ether oxygens (including phenoxy) is 6. The van der Waals surface area contributed by atoms with E-state index in [1.807, 2.05) is 0 Å². The Labute approximate surface area is 422 Å². The first kappa shape index (κ1) is 63.6. The topological polar surface area (TPSA) is 307 Å². The van der Waals surface area contributed by atoms with Crippen molar-refractivity contribution < 1.29 is 89.4 Å². The number of hydrogen-bond donors (Lipinski definition) is 12. The average Bonchev–Trinajstić information content (AvgIpc) is 3.36. The number of aliphatic hydroxyl groups is 11. The van der Waals surface area contributed by atoms with Gasteiger partial charge in [0, 0.05) is 6.42 Å². The van der Waals surface area contributed by atoms with Gasteiger partial charge in [-0.05, 0) is 25.7 Å². The predicted octanol–water partition coefficient (Wildman–Crippen LogP) is 2.81. The highest BCUT2D eigenvalue weighted by atomic mass is 16.8. The van der Waals surface area contributed by atoms with E-state index in [9.17, 15) is 61.0 Å². The van der Waals surface area contributed by atoms with Gasteiger partial charge < -0.3 is 89.9 Å². The number of nitrogens with one attached hydrogen (secondary N) is 1. The van der Waals surface area contributed by atoms with Crippen molar-refractivity contribution in [2.45, 2.75) is 272 Å². The molecule has 17 atom stereocenters. The van der Waals surface area contributed by atoms with Gasteiger partial charge in [0.1, 0.15) is 73.2 Å². The van der Waals surface area contributed by atoms with Crippen LogP contribution in [0.3, 0.4) is 0 Å². The molecule has 0 bridgehead atoms. The van der Waals surface area contributed by atoms with Gasteiger partial charge in [0.05, 0.1) is 38.6 Å². The molecule has 71 heavy (non-hydrogen) atoms. The van der Waals surface area contributed by atoms with Gasteiger partial charge >= 0.3 is 0 Å². The van der Waals surface area contributed by atoms with Crippen LogP contribution in [0.4, 0.5) is 0 Å². The standard InChI is InChI=1S/C52H95NO18/c1-3-5-7-9-11-12-13-14-15-16-17-18-19-20-21-22-24-26-28-30-40(58)53-35(36(57)29-27-25-23-10-8-6-4-2)34-66-50-46(64)43(61)48(38(32-55)68-50)71-52-47(65)44(62)49(39(33-56)69-52)70-51-45(63)42(60)41(59)37(31-54)67-51/h8,10,27,29,35-39,41-52,54-57,59-65H,3-7,9,11-26,28,30-34H2,1-2H3,(H,53,58)/b10-8+,29-27+. The Morgan fingerprint density at radius 1 is 0.493 bits per heavy atom. The van der Waals surface area contributed by atoms with Crippen molar-refractivity contribution in [3.05, 3.63) is 24.3 Å². The maximum absolute atomic E-state index is 13.2. The van der Waals surface area contributed by atoms with E-state index in [0.717, 1.165) is 38.5 Å². The van der Waals surface area contributed by atoms with Crippen LogP contribution in [0, 0.1) is 0 Å². The van der Waals surface area contributed by atoms with Crippen molar-refractivity contribution in [3.63, 3.8) is 0 Å². The summed E-state index contributed by atoms with van der Waals surface area (Å²) in [7, 11) is 0. The molecule has 0 radical (unpaired) electrons. The Bertz CT molecular complexity index is 1410. The highest BCUT2D eigenvalue weighted by molar-refractivity contribution is 5.76. The van der Waals surface area contributed by atoms with E-state index in [1.165, 1.54) is 96.3 Å². The van der Waals surface area contributed by atoms with Gasteiger partial charge in [-0.15, -0.1) is 0 Å². The number of unbranched alkanes of at least 4 members (excludes halogenated alkanes) is 20.